The van der Waals surface area contributed by atoms with Crippen LogP contribution in [0.2, 0.25) is 0 Å². The van der Waals surface area contributed by atoms with Crippen LogP contribution >= 0.6 is 0 Å². The Bertz CT molecular complexity index is 1080. The largest absolute Gasteiger partial charge is 0.466 e. The summed E-state index contributed by atoms with van der Waals surface area (Å²) >= 11 is 0. The van der Waals surface area contributed by atoms with Crippen molar-refractivity contribution in [2.75, 3.05) is 13.2 Å². The normalized spacial score (nSPS) is 11.5. The SMILES string of the molecule is CCCCCCCC/C=C\CCCCCCCC(=O)OCCCCCCCCCCCCCCCCCC.CCCCCCCCCCCCCCCCCCOC(=O)CCCCCCCCCCCCCCC(C)C. The van der Waals surface area contributed by atoms with Gasteiger partial charge in [-0.05, 0) is 57.3 Å². The number of rotatable bonds is 64. The number of allylic oxidation sites excluding steroid dienone is 2. The van der Waals surface area contributed by atoms with Gasteiger partial charge >= 0.3 is 11.9 Å². The summed E-state index contributed by atoms with van der Waals surface area (Å²) in [7, 11) is 0. The van der Waals surface area contributed by atoms with Gasteiger partial charge in [0.1, 0.15) is 0 Å². The quantitative estimate of drug-likeness (QED) is 0.0346. The highest BCUT2D eigenvalue weighted by Crippen LogP contribution is 2.18. The molecule has 0 aromatic carbocycles. The third-order valence-corrected chi connectivity index (χ3v) is 16.1. The lowest BCUT2D eigenvalue weighted by Gasteiger charge is -2.06. The third kappa shape index (κ3) is 74.8. The van der Waals surface area contributed by atoms with Gasteiger partial charge in [0.05, 0.1) is 13.2 Å². The maximum absolute atomic E-state index is 11.9. The van der Waals surface area contributed by atoms with Gasteiger partial charge in [-0.2, -0.15) is 0 Å². The fourth-order valence-electron chi connectivity index (χ4n) is 10.7. The molecule has 4 heteroatoms. The summed E-state index contributed by atoms with van der Waals surface area (Å²) in [5.41, 5.74) is 0. The summed E-state index contributed by atoms with van der Waals surface area (Å²) in [5, 5.41) is 0. The summed E-state index contributed by atoms with van der Waals surface area (Å²) < 4.78 is 10.9. The molecule has 454 valence electrons. The first kappa shape index (κ1) is 76.7. The van der Waals surface area contributed by atoms with Crippen molar-refractivity contribution < 1.29 is 19.1 Å². The molecule has 0 fully saturated rings. The van der Waals surface area contributed by atoms with Gasteiger partial charge in [0.15, 0.2) is 0 Å². The second-order valence-electron chi connectivity index (χ2n) is 24.6. The smallest absolute Gasteiger partial charge is 0.305 e. The number of carbonyl (C=O) groups is 2. The van der Waals surface area contributed by atoms with Gasteiger partial charge in [-0.15, -0.1) is 0 Å². The van der Waals surface area contributed by atoms with Gasteiger partial charge in [0.2, 0.25) is 0 Å². The van der Waals surface area contributed by atoms with Crippen molar-refractivity contribution in [2.24, 2.45) is 5.92 Å². The first-order valence-corrected chi connectivity index (χ1v) is 35.4. The lowest BCUT2D eigenvalue weighted by atomic mass is 10.0. The van der Waals surface area contributed by atoms with E-state index in [1.165, 1.54) is 340 Å². The zero-order valence-electron chi connectivity index (χ0n) is 53.2. The highest BCUT2D eigenvalue weighted by molar-refractivity contribution is 5.69. The average Bonchev–Trinajstić information content (AvgIpc) is 3.41. The number of carbonyl (C=O) groups excluding carboxylic acids is 2. The number of unbranched alkanes of at least 4 members (excludes halogenated alkanes) is 52. The van der Waals surface area contributed by atoms with E-state index >= 15 is 0 Å². The van der Waals surface area contributed by atoms with E-state index in [4.69, 9.17) is 9.47 Å². The Morgan fingerprint density at radius 1 is 0.263 bits per heavy atom. The predicted molar refractivity (Wildman–Crippen MR) is 340 cm³/mol. The zero-order valence-corrected chi connectivity index (χ0v) is 53.2. The highest BCUT2D eigenvalue weighted by atomic mass is 16.5. The molecule has 0 aliphatic rings. The summed E-state index contributed by atoms with van der Waals surface area (Å²) in [6.07, 6.45) is 84.3. The summed E-state index contributed by atoms with van der Waals surface area (Å²) in [6, 6.07) is 0. The summed E-state index contributed by atoms with van der Waals surface area (Å²) in [5.74, 6) is 0.914. The minimum absolute atomic E-state index is 0.0172. The molecule has 0 amide bonds. The van der Waals surface area contributed by atoms with Gasteiger partial charge in [-0.3, -0.25) is 9.59 Å². The van der Waals surface area contributed by atoms with E-state index in [9.17, 15) is 9.59 Å². The van der Waals surface area contributed by atoms with Gasteiger partial charge in [0.25, 0.3) is 0 Å². The van der Waals surface area contributed by atoms with Crippen LogP contribution in [0.15, 0.2) is 12.2 Å². The molecule has 0 aliphatic carbocycles. The van der Waals surface area contributed by atoms with Gasteiger partial charge < -0.3 is 9.47 Å². The first-order valence-electron chi connectivity index (χ1n) is 35.4. The lowest BCUT2D eigenvalue weighted by molar-refractivity contribution is -0.144. The molecule has 0 spiro atoms. The van der Waals surface area contributed by atoms with Crippen molar-refractivity contribution in [3.05, 3.63) is 12.2 Å². The lowest BCUT2D eigenvalue weighted by Crippen LogP contribution is -2.05. The molecule has 0 N–H and O–H groups in total. The molecule has 0 aliphatic heterocycles. The van der Waals surface area contributed by atoms with E-state index in [-0.39, 0.29) is 11.9 Å². The molecule has 0 unspecified atom stereocenters. The second kappa shape index (κ2) is 71.7. The first-order chi connectivity index (χ1) is 37.5. The number of hydrogen-bond acceptors (Lipinski definition) is 4. The Morgan fingerprint density at radius 2 is 0.461 bits per heavy atom. The van der Waals surface area contributed by atoms with E-state index in [2.05, 4.69) is 46.8 Å². The van der Waals surface area contributed by atoms with Crippen LogP contribution in [-0.2, 0) is 19.1 Å². The maximum Gasteiger partial charge on any atom is 0.305 e. The summed E-state index contributed by atoms with van der Waals surface area (Å²) in [6.45, 7) is 12.8. The van der Waals surface area contributed by atoms with Crippen LogP contribution in [0.4, 0.5) is 0 Å². The van der Waals surface area contributed by atoms with E-state index in [1.807, 2.05) is 0 Å². The molecular weight excluding hydrogens is 929 g/mol. The Morgan fingerprint density at radius 3 is 0.697 bits per heavy atom. The molecule has 0 saturated carbocycles. The minimum Gasteiger partial charge on any atom is -0.466 e. The molecule has 4 nitrogen and oxygen atoms in total. The van der Waals surface area contributed by atoms with Crippen molar-refractivity contribution >= 4 is 11.9 Å². The van der Waals surface area contributed by atoms with Crippen molar-refractivity contribution in [3.8, 4) is 0 Å². The van der Waals surface area contributed by atoms with Gasteiger partial charge in [0, 0.05) is 12.8 Å². The van der Waals surface area contributed by atoms with Crippen LogP contribution in [-0.4, -0.2) is 25.2 Å². The van der Waals surface area contributed by atoms with Crippen molar-refractivity contribution in [3.63, 3.8) is 0 Å². The molecular formula is C72H142O4. The molecule has 0 atom stereocenters. The van der Waals surface area contributed by atoms with Crippen LogP contribution < -0.4 is 0 Å². The third-order valence-electron chi connectivity index (χ3n) is 16.1. The molecule has 0 rings (SSSR count). The van der Waals surface area contributed by atoms with Crippen LogP contribution in [0, 0.1) is 5.92 Å². The fraction of sp³-hybridized carbons (Fsp3) is 0.944. The Kier molecular flexibility index (Phi) is 72.4. The van der Waals surface area contributed by atoms with Crippen molar-refractivity contribution in [1.29, 1.82) is 0 Å². The number of esters is 2. The van der Waals surface area contributed by atoms with Crippen LogP contribution in [0.1, 0.15) is 420 Å². The Hall–Kier alpha value is -1.32. The van der Waals surface area contributed by atoms with E-state index in [1.54, 1.807) is 0 Å². The molecule has 0 aromatic rings. The Balaban J connectivity index is 0. The topological polar surface area (TPSA) is 52.6 Å². The average molecular weight is 1070 g/mol. The molecule has 0 bridgehead atoms. The molecule has 0 saturated heterocycles. The predicted octanol–water partition coefficient (Wildman–Crippen LogP) is 25.7. The van der Waals surface area contributed by atoms with Gasteiger partial charge in [-0.25, -0.2) is 0 Å². The van der Waals surface area contributed by atoms with Crippen LogP contribution in [0.3, 0.4) is 0 Å². The van der Waals surface area contributed by atoms with Crippen LogP contribution in [0.25, 0.3) is 0 Å². The zero-order chi connectivity index (χ0) is 55.4. The fourth-order valence-corrected chi connectivity index (χ4v) is 10.7. The monoisotopic (exact) mass is 1070 g/mol. The van der Waals surface area contributed by atoms with E-state index in [0.717, 1.165) is 38.0 Å². The molecule has 0 heterocycles. The van der Waals surface area contributed by atoms with Crippen molar-refractivity contribution in [1.82, 2.24) is 0 Å². The van der Waals surface area contributed by atoms with Crippen molar-refractivity contribution in [2.45, 2.75) is 420 Å². The highest BCUT2D eigenvalue weighted by Gasteiger charge is 2.05. The van der Waals surface area contributed by atoms with E-state index in [0.29, 0.717) is 26.1 Å². The van der Waals surface area contributed by atoms with E-state index < -0.39 is 0 Å². The molecule has 76 heavy (non-hydrogen) atoms. The maximum atomic E-state index is 11.9. The number of hydrogen-bond donors (Lipinski definition) is 0. The van der Waals surface area contributed by atoms with Gasteiger partial charge in [-0.1, -0.05) is 368 Å². The second-order valence-corrected chi connectivity index (χ2v) is 24.6. The Labute approximate surface area is 480 Å². The minimum atomic E-state index is 0.0172. The standard InChI is InChI=1S/C36H72O2.C36H70O2/c1-4-5-6-7-8-9-10-11-12-13-16-19-22-25-28-31-34-38-36(37)33-30-27-24-21-18-15-14-17-20-23-26-29-32-35(2)3;1-3-5-7-9-11-13-15-17-19-21-23-25-27-29-31-33-35-38-36(37)34-32-30-28-26-24-22-20-18-16-14-12-10-8-6-4-2/h35H,4-34H2,1-3H3;18,20H,3-17,19,21-35H2,1-2H3/b;20-18-. The molecule has 0 aromatic heterocycles. The number of ether oxygens (including phenoxy) is 2. The van der Waals surface area contributed by atoms with Crippen LogP contribution in [0.5, 0.6) is 0 Å². The summed E-state index contributed by atoms with van der Waals surface area (Å²) in [4.78, 5) is 23.8. The molecule has 0 radical (unpaired) electrons.